The summed E-state index contributed by atoms with van der Waals surface area (Å²) in [4.78, 5) is 12.4. The van der Waals surface area contributed by atoms with Gasteiger partial charge in [-0.15, -0.1) is 0 Å². The van der Waals surface area contributed by atoms with E-state index < -0.39 is 11.7 Å². The van der Waals surface area contributed by atoms with Gasteiger partial charge in [0.25, 0.3) is 5.56 Å². The number of ether oxygens (including phenoxy) is 1. The SMILES string of the molecule is Cn1c(=O)c2c(c3ccccc31)OC(C)(CO)C(O)C2. The van der Waals surface area contributed by atoms with E-state index in [1.165, 1.54) is 0 Å². The molecule has 2 N–H and O–H groups in total. The molecule has 2 heterocycles. The molecule has 106 valence electrons. The highest BCUT2D eigenvalue weighted by molar-refractivity contribution is 5.87. The maximum absolute atomic E-state index is 12.4. The van der Waals surface area contributed by atoms with Crippen LogP contribution in [-0.2, 0) is 13.5 Å². The molecule has 1 aliphatic heterocycles. The number of aryl methyl sites for hydroxylation is 1. The van der Waals surface area contributed by atoms with E-state index in [1.807, 2.05) is 24.3 Å². The van der Waals surface area contributed by atoms with Crippen molar-refractivity contribution in [1.82, 2.24) is 4.57 Å². The highest BCUT2D eigenvalue weighted by Crippen LogP contribution is 2.36. The third kappa shape index (κ3) is 1.67. The van der Waals surface area contributed by atoms with Gasteiger partial charge in [0.15, 0.2) is 5.60 Å². The molecule has 0 bridgehead atoms. The third-order valence-corrected chi connectivity index (χ3v) is 4.10. The van der Waals surface area contributed by atoms with Crippen LogP contribution in [0, 0.1) is 0 Å². The second-order valence-electron chi connectivity index (χ2n) is 5.48. The molecule has 2 atom stereocenters. The monoisotopic (exact) mass is 275 g/mol. The van der Waals surface area contributed by atoms with E-state index in [4.69, 9.17) is 4.74 Å². The minimum Gasteiger partial charge on any atom is -0.481 e. The summed E-state index contributed by atoms with van der Waals surface area (Å²) in [6.45, 7) is 1.34. The number of aliphatic hydroxyl groups excluding tert-OH is 2. The molecule has 0 amide bonds. The average molecular weight is 275 g/mol. The van der Waals surface area contributed by atoms with Gasteiger partial charge in [0, 0.05) is 18.9 Å². The molecule has 5 heteroatoms. The van der Waals surface area contributed by atoms with Crippen LogP contribution in [0.1, 0.15) is 12.5 Å². The molecule has 3 rings (SSSR count). The van der Waals surface area contributed by atoms with E-state index >= 15 is 0 Å². The van der Waals surface area contributed by atoms with Crippen molar-refractivity contribution in [2.75, 3.05) is 6.61 Å². The number of hydrogen-bond donors (Lipinski definition) is 2. The molecule has 5 nitrogen and oxygen atoms in total. The number of rotatable bonds is 1. The lowest BCUT2D eigenvalue weighted by Crippen LogP contribution is -2.53. The number of benzene rings is 1. The first-order valence-corrected chi connectivity index (χ1v) is 6.56. The van der Waals surface area contributed by atoms with Gasteiger partial charge in [-0.1, -0.05) is 12.1 Å². The molecular weight excluding hydrogens is 258 g/mol. The molecule has 20 heavy (non-hydrogen) atoms. The molecule has 0 spiro atoms. The zero-order valence-electron chi connectivity index (χ0n) is 11.5. The summed E-state index contributed by atoms with van der Waals surface area (Å²) >= 11 is 0. The highest BCUT2D eigenvalue weighted by atomic mass is 16.5. The van der Waals surface area contributed by atoms with Crippen LogP contribution in [0.25, 0.3) is 10.9 Å². The molecule has 0 radical (unpaired) electrons. The molecule has 2 aromatic rings. The first-order chi connectivity index (χ1) is 9.48. The summed E-state index contributed by atoms with van der Waals surface area (Å²) < 4.78 is 7.38. The normalized spacial score (nSPS) is 25.3. The van der Waals surface area contributed by atoms with Crippen LogP contribution in [0.2, 0.25) is 0 Å². The number of fused-ring (bicyclic) bond motifs is 3. The van der Waals surface area contributed by atoms with Crippen LogP contribution in [0.15, 0.2) is 29.1 Å². The van der Waals surface area contributed by atoms with Crippen LogP contribution in [0.4, 0.5) is 0 Å². The van der Waals surface area contributed by atoms with Gasteiger partial charge in [0.1, 0.15) is 11.9 Å². The molecule has 0 fully saturated rings. The van der Waals surface area contributed by atoms with Gasteiger partial charge >= 0.3 is 0 Å². The van der Waals surface area contributed by atoms with Crippen molar-refractivity contribution in [1.29, 1.82) is 0 Å². The van der Waals surface area contributed by atoms with Crippen molar-refractivity contribution >= 4 is 10.9 Å². The summed E-state index contributed by atoms with van der Waals surface area (Å²) in [6.07, 6.45) is -0.724. The largest absolute Gasteiger partial charge is 0.481 e. The predicted molar refractivity (Wildman–Crippen MR) is 75.0 cm³/mol. The Balaban J connectivity index is 2.35. The van der Waals surface area contributed by atoms with Crippen LogP contribution >= 0.6 is 0 Å². The van der Waals surface area contributed by atoms with Crippen molar-refractivity contribution in [3.05, 3.63) is 40.2 Å². The zero-order valence-corrected chi connectivity index (χ0v) is 11.5. The van der Waals surface area contributed by atoms with Crippen LogP contribution in [0.5, 0.6) is 5.75 Å². The maximum atomic E-state index is 12.4. The average Bonchev–Trinajstić information content (AvgIpc) is 2.47. The number of pyridine rings is 1. The van der Waals surface area contributed by atoms with Crippen molar-refractivity contribution in [3.8, 4) is 5.75 Å². The maximum Gasteiger partial charge on any atom is 0.257 e. The summed E-state index contributed by atoms with van der Waals surface area (Å²) in [6, 6.07) is 7.46. The second kappa shape index (κ2) is 4.33. The Labute approximate surface area is 116 Å². The smallest absolute Gasteiger partial charge is 0.257 e. The number of para-hydroxylation sites is 1. The lowest BCUT2D eigenvalue weighted by molar-refractivity contribution is -0.0833. The Morgan fingerprint density at radius 1 is 1.45 bits per heavy atom. The highest BCUT2D eigenvalue weighted by Gasteiger charge is 2.41. The van der Waals surface area contributed by atoms with Crippen molar-refractivity contribution in [2.45, 2.75) is 25.0 Å². The fourth-order valence-electron chi connectivity index (χ4n) is 2.67. The lowest BCUT2D eigenvalue weighted by Gasteiger charge is -2.38. The van der Waals surface area contributed by atoms with Crippen LogP contribution in [0.3, 0.4) is 0 Å². The number of aromatic nitrogens is 1. The van der Waals surface area contributed by atoms with E-state index in [2.05, 4.69) is 0 Å². The predicted octanol–water partition coefficient (Wildman–Crippen LogP) is 0.585. The Morgan fingerprint density at radius 2 is 2.15 bits per heavy atom. The van der Waals surface area contributed by atoms with Gasteiger partial charge in [-0.2, -0.15) is 0 Å². The van der Waals surface area contributed by atoms with Gasteiger partial charge in [-0.25, -0.2) is 0 Å². The number of hydrogen-bond acceptors (Lipinski definition) is 4. The summed E-state index contributed by atoms with van der Waals surface area (Å²) in [5.41, 5.74) is -0.0161. The zero-order chi connectivity index (χ0) is 14.5. The fraction of sp³-hybridized carbons (Fsp3) is 0.400. The Bertz CT molecular complexity index is 736. The molecule has 2 unspecified atom stereocenters. The quantitative estimate of drug-likeness (QED) is 0.799. The summed E-state index contributed by atoms with van der Waals surface area (Å²) in [7, 11) is 1.71. The van der Waals surface area contributed by atoms with Crippen LogP contribution < -0.4 is 10.3 Å². The van der Waals surface area contributed by atoms with Crippen molar-refractivity contribution < 1.29 is 14.9 Å². The minimum atomic E-state index is -1.08. The minimum absolute atomic E-state index is 0.169. The Kier molecular flexibility index (Phi) is 2.84. The molecule has 1 aromatic carbocycles. The van der Waals surface area contributed by atoms with Gasteiger partial charge in [-0.3, -0.25) is 4.79 Å². The van der Waals surface area contributed by atoms with Crippen LogP contribution in [-0.4, -0.2) is 33.1 Å². The standard InChI is InChI=1S/C15H17NO4/c1-15(8-17)12(18)7-10-13(20-15)9-5-3-4-6-11(9)16(2)14(10)19/h3-6,12,17-18H,7-8H2,1-2H3. The van der Waals surface area contributed by atoms with Gasteiger partial charge in [0.05, 0.1) is 17.7 Å². The second-order valence-corrected chi connectivity index (χ2v) is 5.48. The molecule has 1 aliphatic rings. The Morgan fingerprint density at radius 3 is 2.85 bits per heavy atom. The van der Waals surface area contributed by atoms with E-state index in [-0.39, 0.29) is 18.6 Å². The Hall–Kier alpha value is -1.85. The molecule has 0 saturated heterocycles. The summed E-state index contributed by atoms with van der Waals surface area (Å²) in [5, 5.41) is 20.4. The lowest BCUT2D eigenvalue weighted by atomic mass is 9.89. The van der Waals surface area contributed by atoms with E-state index in [9.17, 15) is 15.0 Å². The van der Waals surface area contributed by atoms with Gasteiger partial charge in [-0.05, 0) is 19.1 Å². The third-order valence-electron chi connectivity index (χ3n) is 4.10. The molecule has 0 saturated carbocycles. The van der Waals surface area contributed by atoms with E-state index in [1.54, 1.807) is 18.5 Å². The first-order valence-electron chi connectivity index (χ1n) is 6.56. The topological polar surface area (TPSA) is 71.7 Å². The summed E-state index contributed by atoms with van der Waals surface area (Å²) in [5.74, 6) is 0.477. The van der Waals surface area contributed by atoms with Crippen molar-refractivity contribution in [2.24, 2.45) is 7.05 Å². The van der Waals surface area contributed by atoms with E-state index in [0.717, 1.165) is 10.9 Å². The van der Waals surface area contributed by atoms with Crippen molar-refractivity contribution in [3.63, 3.8) is 0 Å². The fourth-order valence-corrected chi connectivity index (χ4v) is 2.67. The number of aliphatic hydroxyl groups is 2. The van der Waals surface area contributed by atoms with Gasteiger partial charge < -0.3 is 19.5 Å². The first kappa shape index (κ1) is 13.1. The van der Waals surface area contributed by atoms with Gasteiger partial charge in [0.2, 0.25) is 0 Å². The molecule has 1 aromatic heterocycles. The van der Waals surface area contributed by atoms with E-state index in [0.29, 0.717) is 11.3 Å². The molecular formula is C15H17NO4. The molecule has 0 aliphatic carbocycles. The number of nitrogens with zero attached hydrogens (tertiary/aromatic N) is 1.